The number of aliphatic hydroxyl groups is 1. The molecule has 0 saturated heterocycles. The molecular formula is C19H19FN2O. The number of anilines is 1. The number of rotatable bonds is 3. The van der Waals surface area contributed by atoms with E-state index in [1.165, 1.54) is 12.1 Å². The summed E-state index contributed by atoms with van der Waals surface area (Å²) in [6.45, 7) is 3.73. The van der Waals surface area contributed by atoms with Crippen molar-refractivity contribution >= 4 is 16.7 Å². The fourth-order valence-electron chi connectivity index (χ4n) is 2.83. The molecule has 0 aliphatic carbocycles. The van der Waals surface area contributed by atoms with E-state index in [0.29, 0.717) is 0 Å². The van der Waals surface area contributed by atoms with Crippen molar-refractivity contribution in [3.63, 3.8) is 0 Å². The number of pyridine rings is 1. The quantitative estimate of drug-likeness (QED) is 0.751. The lowest BCUT2D eigenvalue weighted by atomic mass is 9.97. The van der Waals surface area contributed by atoms with E-state index in [-0.39, 0.29) is 5.82 Å². The molecule has 23 heavy (non-hydrogen) atoms. The van der Waals surface area contributed by atoms with Crippen LogP contribution in [0.5, 0.6) is 0 Å². The van der Waals surface area contributed by atoms with Crippen LogP contribution in [0.4, 0.5) is 10.2 Å². The molecule has 0 amide bonds. The maximum absolute atomic E-state index is 13.2. The Balaban J connectivity index is 2.31. The minimum Gasteiger partial charge on any atom is -0.389 e. The van der Waals surface area contributed by atoms with Crippen molar-refractivity contribution < 1.29 is 9.50 Å². The molecule has 3 aromatic rings. The zero-order valence-electron chi connectivity index (χ0n) is 13.4. The summed E-state index contributed by atoms with van der Waals surface area (Å²) in [5, 5.41) is 14.1. The number of aryl methyl sites for hydroxylation is 1. The van der Waals surface area contributed by atoms with Crippen LogP contribution in [0.25, 0.3) is 22.0 Å². The molecule has 0 aliphatic rings. The van der Waals surface area contributed by atoms with Crippen LogP contribution in [0.2, 0.25) is 0 Å². The first-order chi connectivity index (χ1) is 11.0. The summed E-state index contributed by atoms with van der Waals surface area (Å²) >= 11 is 0. The van der Waals surface area contributed by atoms with Crippen molar-refractivity contribution in [3.05, 3.63) is 59.4 Å². The van der Waals surface area contributed by atoms with Crippen molar-refractivity contribution in [2.24, 2.45) is 0 Å². The molecule has 0 saturated carbocycles. The predicted molar refractivity (Wildman–Crippen MR) is 92.1 cm³/mol. The number of benzene rings is 2. The van der Waals surface area contributed by atoms with Crippen molar-refractivity contribution in [2.75, 3.05) is 12.4 Å². The van der Waals surface area contributed by atoms with E-state index < -0.39 is 6.10 Å². The Morgan fingerprint density at radius 2 is 1.83 bits per heavy atom. The van der Waals surface area contributed by atoms with Gasteiger partial charge in [-0.15, -0.1) is 0 Å². The van der Waals surface area contributed by atoms with Gasteiger partial charge in [-0.2, -0.15) is 0 Å². The first-order valence-electron chi connectivity index (χ1n) is 7.56. The second-order valence-corrected chi connectivity index (χ2v) is 5.74. The molecule has 118 valence electrons. The van der Waals surface area contributed by atoms with Crippen molar-refractivity contribution in [1.29, 1.82) is 0 Å². The number of nitrogens with one attached hydrogen (secondary N) is 1. The Morgan fingerprint density at radius 3 is 2.43 bits per heavy atom. The molecule has 2 aromatic carbocycles. The predicted octanol–water partition coefficient (Wildman–Crippen LogP) is 4.44. The number of halogens is 1. The number of aliphatic hydroxyl groups excluding tert-OH is 1. The SMILES string of the molecule is CNc1nc2cc(C)cc(C(C)O)c2cc1-c1ccc(F)cc1. The molecule has 0 spiro atoms. The smallest absolute Gasteiger partial charge is 0.134 e. The number of hydrogen-bond donors (Lipinski definition) is 2. The first-order valence-corrected chi connectivity index (χ1v) is 7.56. The molecular weight excluding hydrogens is 291 g/mol. The van der Waals surface area contributed by atoms with Crippen LogP contribution in [0.1, 0.15) is 24.2 Å². The van der Waals surface area contributed by atoms with E-state index in [1.54, 1.807) is 19.1 Å². The maximum Gasteiger partial charge on any atom is 0.134 e. The van der Waals surface area contributed by atoms with Gasteiger partial charge < -0.3 is 10.4 Å². The lowest BCUT2D eigenvalue weighted by Gasteiger charge is -2.15. The highest BCUT2D eigenvalue weighted by atomic mass is 19.1. The van der Waals surface area contributed by atoms with Gasteiger partial charge in [0.25, 0.3) is 0 Å². The van der Waals surface area contributed by atoms with E-state index in [0.717, 1.165) is 39.0 Å². The second-order valence-electron chi connectivity index (χ2n) is 5.74. The number of aromatic nitrogens is 1. The average molecular weight is 310 g/mol. The summed E-state index contributed by atoms with van der Waals surface area (Å²) in [6.07, 6.45) is -0.583. The Hall–Kier alpha value is -2.46. The minimum absolute atomic E-state index is 0.270. The number of nitrogens with zero attached hydrogens (tertiary/aromatic N) is 1. The van der Waals surface area contributed by atoms with Crippen LogP contribution in [-0.4, -0.2) is 17.1 Å². The molecule has 1 heterocycles. The zero-order chi connectivity index (χ0) is 16.6. The molecule has 1 unspecified atom stereocenters. The average Bonchev–Trinajstić information content (AvgIpc) is 2.53. The third kappa shape index (κ3) is 2.90. The Morgan fingerprint density at radius 1 is 1.13 bits per heavy atom. The molecule has 4 heteroatoms. The largest absolute Gasteiger partial charge is 0.389 e. The third-order valence-electron chi connectivity index (χ3n) is 3.95. The van der Waals surface area contributed by atoms with Crippen LogP contribution in [0.15, 0.2) is 42.5 Å². The Kier molecular flexibility index (Phi) is 4.01. The van der Waals surface area contributed by atoms with E-state index in [4.69, 9.17) is 0 Å². The molecule has 1 aromatic heterocycles. The van der Waals surface area contributed by atoms with Gasteiger partial charge >= 0.3 is 0 Å². The summed E-state index contributed by atoms with van der Waals surface area (Å²) < 4.78 is 13.2. The second kappa shape index (κ2) is 5.97. The van der Waals surface area contributed by atoms with Gasteiger partial charge in [-0.1, -0.05) is 18.2 Å². The van der Waals surface area contributed by atoms with Gasteiger partial charge in [0.1, 0.15) is 11.6 Å². The Labute approximate surface area is 134 Å². The van der Waals surface area contributed by atoms with Crippen LogP contribution in [0, 0.1) is 12.7 Å². The summed E-state index contributed by atoms with van der Waals surface area (Å²) in [6, 6.07) is 12.3. The standard InChI is InChI=1S/C19H19FN2O/c1-11-8-15(12(2)23)17-10-16(13-4-6-14(20)7-5-13)19(21-3)22-18(17)9-11/h4-10,12,23H,1-3H3,(H,21,22). The van der Waals surface area contributed by atoms with Gasteiger partial charge in [0.05, 0.1) is 11.6 Å². The van der Waals surface area contributed by atoms with Gasteiger partial charge in [0.2, 0.25) is 0 Å². The highest BCUT2D eigenvalue weighted by Crippen LogP contribution is 2.33. The normalized spacial score (nSPS) is 12.4. The number of hydrogen-bond acceptors (Lipinski definition) is 3. The summed E-state index contributed by atoms with van der Waals surface area (Å²) in [7, 11) is 1.81. The fraction of sp³-hybridized carbons (Fsp3) is 0.211. The van der Waals surface area contributed by atoms with Gasteiger partial charge in [-0.3, -0.25) is 0 Å². The van der Waals surface area contributed by atoms with Crippen LogP contribution >= 0.6 is 0 Å². The third-order valence-corrected chi connectivity index (χ3v) is 3.95. The topological polar surface area (TPSA) is 45.2 Å². The maximum atomic E-state index is 13.2. The summed E-state index contributed by atoms with van der Waals surface area (Å²) in [5.74, 6) is 0.458. The van der Waals surface area contributed by atoms with Gasteiger partial charge in [-0.25, -0.2) is 9.37 Å². The van der Waals surface area contributed by atoms with Gasteiger partial charge in [0.15, 0.2) is 0 Å². The van der Waals surface area contributed by atoms with Gasteiger partial charge in [0, 0.05) is 18.0 Å². The molecule has 0 fully saturated rings. The molecule has 2 N–H and O–H groups in total. The molecule has 3 rings (SSSR count). The van der Waals surface area contributed by atoms with Crippen molar-refractivity contribution in [1.82, 2.24) is 4.98 Å². The highest BCUT2D eigenvalue weighted by molar-refractivity contribution is 5.92. The zero-order valence-corrected chi connectivity index (χ0v) is 13.4. The molecule has 0 bridgehead atoms. The Bertz CT molecular complexity index is 857. The van der Waals surface area contributed by atoms with Crippen LogP contribution in [0.3, 0.4) is 0 Å². The van der Waals surface area contributed by atoms with E-state index in [2.05, 4.69) is 10.3 Å². The first kappa shape index (κ1) is 15.4. The summed E-state index contributed by atoms with van der Waals surface area (Å²) in [4.78, 5) is 4.68. The van der Waals surface area contributed by atoms with Crippen molar-refractivity contribution in [3.8, 4) is 11.1 Å². The van der Waals surface area contributed by atoms with Crippen molar-refractivity contribution in [2.45, 2.75) is 20.0 Å². The van der Waals surface area contributed by atoms with E-state index in [1.807, 2.05) is 32.2 Å². The monoisotopic (exact) mass is 310 g/mol. The van der Waals surface area contributed by atoms with Crippen LogP contribution in [-0.2, 0) is 0 Å². The highest BCUT2D eigenvalue weighted by Gasteiger charge is 2.13. The lowest BCUT2D eigenvalue weighted by molar-refractivity contribution is 0.201. The summed E-state index contributed by atoms with van der Waals surface area (Å²) in [5.41, 5.74) is 4.49. The fourth-order valence-corrected chi connectivity index (χ4v) is 2.83. The van der Waals surface area contributed by atoms with Crippen LogP contribution < -0.4 is 5.32 Å². The van der Waals surface area contributed by atoms with E-state index in [9.17, 15) is 9.50 Å². The lowest BCUT2D eigenvalue weighted by Crippen LogP contribution is -2.00. The van der Waals surface area contributed by atoms with Gasteiger partial charge in [-0.05, 0) is 54.8 Å². The minimum atomic E-state index is -0.583. The molecule has 0 aliphatic heterocycles. The van der Waals surface area contributed by atoms with E-state index >= 15 is 0 Å². The molecule has 3 nitrogen and oxygen atoms in total. The number of fused-ring (bicyclic) bond motifs is 1. The molecule has 0 radical (unpaired) electrons. The molecule has 1 atom stereocenters.